The van der Waals surface area contributed by atoms with Crippen LogP contribution in [0.1, 0.15) is 0 Å². The first-order valence-electron chi connectivity index (χ1n) is 11.1. The van der Waals surface area contributed by atoms with Crippen molar-refractivity contribution < 1.29 is 9.47 Å². The number of benzene rings is 2. The lowest BCUT2D eigenvalue weighted by atomic mass is 10.1. The standard InChI is InChI=1S/C26H26N4O3/c31-26-17-24(22-6-1-2-7-23(22)29-26)33-21-5-3-4-19(16-21)20-8-9-25(28-18-20)27-10-11-30-12-14-32-15-13-30/h1-9,16-18H,10-15H2,(H,27,28)(H,29,31). The van der Waals surface area contributed by atoms with Crippen LogP contribution in [0.4, 0.5) is 5.82 Å². The van der Waals surface area contributed by atoms with Crippen LogP contribution in [0.2, 0.25) is 0 Å². The number of hydrogen-bond acceptors (Lipinski definition) is 6. The van der Waals surface area contributed by atoms with Gasteiger partial charge in [-0.3, -0.25) is 9.69 Å². The summed E-state index contributed by atoms with van der Waals surface area (Å²) in [5.41, 5.74) is 2.54. The number of rotatable bonds is 7. The van der Waals surface area contributed by atoms with E-state index in [1.807, 2.05) is 66.9 Å². The Morgan fingerprint density at radius 1 is 1.00 bits per heavy atom. The van der Waals surface area contributed by atoms with Crippen LogP contribution in [0.5, 0.6) is 11.5 Å². The fourth-order valence-corrected chi connectivity index (χ4v) is 3.96. The van der Waals surface area contributed by atoms with Crippen molar-refractivity contribution in [2.75, 3.05) is 44.7 Å². The molecule has 0 spiro atoms. The summed E-state index contributed by atoms with van der Waals surface area (Å²) in [5, 5.41) is 4.24. The van der Waals surface area contributed by atoms with Crippen molar-refractivity contribution in [2.45, 2.75) is 0 Å². The number of ether oxygens (including phenoxy) is 2. The lowest BCUT2D eigenvalue weighted by Crippen LogP contribution is -2.39. The number of anilines is 1. The number of morpholine rings is 1. The van der Waals surface area contributed by atoms with Crippen LogP contribution >= 0.6 is 0 Å². The number of fused-ring (bicyclic) bond motifs is 1. The predicted molar refractivity (Wildman–Crippen MR) is 130 cm³/mol. The van der Waals surface area contributed by atoms with E-state index in [4.69, 9.17) is 9.47 Å². The van der Waals surface area contributed by atoms with Gasteiger partial charge in [0, 0.05) is 49.4 Å². The van der Waals surface area contributed by atoms with Gasteiger partial charge < -0.3 is 19.8 Å². The smallest absolute Gasteiger partial charge is 0.252 e. The summed E-state index contributed by atoms with van der Waals surface area (Å²) in [7, 11) is 0. The summed E-state index contributed by atoms with van der Waals surface area (Å²) >= 11 is 0. The highest BCUT2D eigenvalue weighted by molar-refractivity contribution is 5.85. The normalized spacial score (nSPS) is 14.3. The largest absolute Gasteiger partial charge is 0.456 e. The van der Waals surface area contributed by atoms with E-state index in [2.05, 4.69) is 20.2 Å². The number of H-pyrrole nitrogens is 1. The molecule has 7 heteroatoms. The highest BCUT2D eigenvalue weighted by Gasteiger charge is 2.10. The van der Waals surface area contributed by atoms with E-state index in [1.54, 1.807) is 0 Å². The molecule has 0 bridgehead atoms. The molecule has 3 heterocycles. The van der Waals surface area contributed by atoms with Crippen LogP contribution in [-0.4, -0.2) is 54.3 Å². The molecule has 1 saturated heterocycles. The number of nitrogens with zero attached hydrogens (tertiary/aromatic N) is 2. The second kappa shape index (κ2) is 9.85. The van der Waals surface area contributed by atoms with Crippen LogP contribution in [0.15, 0.2) is 77.7 Å². The summed E-state index contributed by atoms with van der Waals surface area (Å²) in [6, 6.07) is 20.9. The molecule has 2 N–H and O–H groups in total. The molecule has 7 nitrogen and oxygen atoms in total. The van der Waals surface area contributed by atoms with Gasteiger partial charge in [0.05, 0.1) is 18.7 Å². The van der Waals surface area contributed by atoms with Gasteiger partial charge in [0.15, 0.2) is 0 Å². The zero-order valence-electron chi connectivity index (χ0n) is 18.3. The molecule has 33 heavy (non-hydrogen) atoms. The average Bonchev–Trinajstić information content (AvgIpc) is 2.85. The molecule has 168 valence electrons. The van der Waals surface area contributed by atoms with E-state index in [9.17, 15) is 4.79 Å². The van der Waals surface area contributed by atoms with E-state index in [-0.39, 0.29) is 5.56 Å². The van der Waals surface area contributed by atoms with Gasteiger partial charge in [0.25, 0.3) is 5.56 Å². The van der Waals surface area contributed by atoms with Crippen LogP contribution in [0.25, 0.3) is 22.0 Å². The van der Waals surface area contributed by atoms with E-state index in [0.29, 0.717) is 11.5 Å². The van der Waals surface area contributed by atoms with Gasteiger partial charge in [-0.05, 0) is 42.0 Å². The maximum Gasteiger partial charge on any atom is 0.252 e. The fraction of sp³-hybridized carbons (Fsp3) is 0.231. The number of aromatic nitrogens is 2. The minimum atomic E-state index is -0.194. The number of pyridine rings is 2. The van der Waals surface area contributed by atoms with Crippen molar-refractivity contribution in [2.24, 2.45) is 0 Å². The lowest BCUT2D eigenvalue weighted by Gasteiger charge is -2.26. The van der Waals surface area contributed by atoms with Crippen LogP contribution in [0.3, 0.4) is 0 Å². The van der Waals surface area contributed by atoms with Crippen LogP contribution in [0, 0.1) is 0 Å². The molecule has 0 amide bonds. The molecule has 2 aromatic heterocycles. The monoisotopic (exact) mass is 442 g/mol. The number of nitrogens with one attached hydrogen (secondary N) is 2. The van der Waals surface area contributed by atoms with Gasteiger partial charge in [-0.25, -0.2) is 4.98 Å². The minimum absolute atomic E-state index is 0.194. The molecule has 0 unspecified atom stereocenters. The van der Waals surface area contributed by atoms with E-state index in [1.165, 1.54) is 6.07 Å². The van der Waals surface area contributed by atoms with Crippen molar-refractivity contribution in [3.63, 3.8) is 0 Å². The van der Waals surface area contributed by atoms with Gasteiger partial charge in [-0.15, -0.1) is 0 Å². The minimum Gasteiger partial charge on any atom is -0.456 e. The van der Waals surface area contributed by atoms with Crippen molar-refractivity contribution in [3.8, 4) is 22.6 Å². The highest BCUT2D eigenvalue weighted by atomic mass is 16.5. The molecule has 0 atom stereocenters. The molecular weight excluding hydrogens is 416 g/mol. The van der Waals surface area contributed by atoms with E-state index in [0.717, 1.165) is 67.2 Å². The van der Waals surface area contributed by atoms with Crippen LogP contribution in [-0.2, 0) is 4.74 Å². The van der Waals surface area contributed by atoms with Crippen molar-refractivity contribution >= 4 is 16.7 Å². The Morgan fingerprint density at radius 2 is 1.88 bits per heavy atom. The van der Waals surface area contributed by atoms with Crippen molar-refractivity contribution in [1.29, 1.82) is 0 Å². The molecule has 1 aliphatic heterocycles. The number of aromatic amines is 1. The van der Waals surface area contributed by atoms with Crippen molar-refractivity contribution in [1.82, 2.24) is 14.9 Å². The Kier molecular flexibility index (Phi) is 6.32. The first kappa shape index (κ1) is 21.2. The Hall–Kier alpha value is -3.68. The maximum absolute atomic E-state index is 12.0. The number of hydrogen-bond donors (Lipinski definition) is 2. The zero-order chi connectivity index (χ0) is 22.5. The Morgan fingerprint density at radius 3 is 2.73 bits per heavy atom. The predicted octanol–water partition coefficient (Wildman–Crippen LogP) is 4.13. The van der Waals surface area contributed by atoms with E-state index < -0.39 is 0 Å². The highest BCUT2D eigenvalue weighted by Crippen LogP contribution is 2.30. The third-order valence-electron chi connectivity index (χ3n) is 5.71. The quantitative estimate of drug-likeness (QED) is 0.448. The Balaban J connectivity index is 1.27. The molecule has 5 rings (SSSR count). The third kappa shape index (κ3) is 5.22. The molecule has 1 fully saturated rings. The van der Waals surface area contributed by atoms with Gasteiger partial charge in [0.2, 0.25) is 0 Å². The van der Waals surface area contributed by atoms with Gasteiger partial charge in [-0.2, -0.15) is 0 Å². The Labute approximate surface area is 192 Å². The summed E-state index contributed by atoms with van der Waals surface area (Å²) < 4.78 is 11.5. The summed E-state index contributed by atoms with van der Waals surface area (Å²) in [6.07, 6.45) is 1.86. The molecule has 0 aliphatic carbocycles. The first-order valence-corrected chi connectivity index (χ1v) is 11.1. The topological polar surface area (TPSA) is 79.5 Å². The summed E-state index contributed by atoms with van der Waals surface area (Å²) in [4.78, 5) is 21.8. The van der Waals surface area contributed by atoms with Gasteiger partial charge in [-0.1, -0.05) is 24.3 Å². The SMILES string of the molecule is O=c1cc(Oc2cccc(-c3ccc(NCCN4CCOCC4)nc3)c2)c2ccccc2[nH]1. The van der Waals surface area contributed by atoms with E-state index >= 15 is 0 Å². The molecule has 2 aromatic carbocycles. The fourth-order valence-electron chi connectivity index (χ4n) is 3.96. The summed E-state index contributed by atoms with van der Waals surface area (Å²) in [5.74, 6) is 2.05. The first-order chi connectivity index (χ1) is 16.2. The molecular formula is C26H26N4O3. The molecule has 0 saturated carbocycles. The third-order valence-corrected chi connectivity index (χ3v) is 5.71. The second-order valence-electron chi connectivity index (χ2n) is 7.99. The Bertz CT molecular complexity index is 1280. The van der Waals surface area contributed by atoms with Gasteiger partial charge >= 0.3 is 0 Å². The van der Waals surface area contributed by atoms with Gasteiger partial charge in [0.1, 0.15) is 17.3 Å². The zero-order valence-corrected chi connectivity index (χ0v) is 18.3. The van der Waals surface area contributed by atoms with Crippen molar-refractivity contribution in [3.05, 3.63) is 83.3 Å². The van der Waals surface area contributed by atoms with Crippen LogP contribution < -0.4 is 15.6 Å². The second-order valence-corrected chi connectivity index (χ2v) is 7.99. The molecule has 1 aliphatic rings. The maximum atomic E-state index is 12.0. The molecule has 4 aromatic rings. The summed E-state index contributed by atoms with van der Waals surface area (Å²) in [6.45, 7) is 5.42. The average molecular weight is 443 g/mol. The number of para-hydroxylation sites is 1. The molecule has 0 radical (unpaired) electrons. The lowest BCUT2D eigenvalue weighted by molar-refractivity contribution is 0.0398.